The quantitative estimate of drug-likeness (QED) is 0.338. The normalized spacial score (nSPS) is 20.2. The lowest BCUT2D eigenvalue weighted by Gasteiger charge is -2.55. The highest BCUT2D eigenvalue weighted by Gasteiger charge is 2.62. The molecular weight excluding hydrogens is 420 g/mol. The molecule has 0 aliphatic carbocycles. The van der Waals surface area contributed by atoms with Crippen LogP contribution in [0.1, 0.15) is 37.1 Å². The number of rotatable bonds is 13. The van der Waals surface area contributed by atoms with Gasteiger partial charge in [0, 0.05) is 50.6 Å². The molecule has 2 unspecified atom stereocenters. The average molecular weight is 457 g/mol. The summed E-state index contributed by atoms with van der Waals surface area (Å²) in [5.41, 5.74) is 1.91. The van der Waals surface area contributed by atoms with Crippen LogP contribution in [-0.2, 0) is 31.8 Å². The Morgan fingerprint density at radius 1 is 1.15 bits per heavy atom. The summed E-state index contributed by atoms with van der Waals surface area (Å²) < 4.78 is 22.6. The van der Waals surface area contributed by atoms with Gasteiger partial charge in [0.1, 0.15) is 19.3 Å². The number of hydrogen-bond acceptors (Lipinski definition) is 6. The number of likely N-dealkylation sites (tertiary alicyclic amines) is 1. The number of ether oxygens (including phenoxy) is 4. The number of benzene rings is 1. The van der Waals surface area contributed by atoms with Crippen molar-refractivity contribution in [1.82, 2.24) is 9.88 Å². The van der Waals surface area contributed by atoms with Crippen LogP contribution in [0.25, 0.3) is 0 Å². The van der Waals surface area contributed by atoms with E-state index < -0.39 is 5.60 Å². The lowest BCUT2D eigenvalue weighted by molar-refractivity contribution is -0.235. The fourth-order valence-electron chi connectivity index (χ4n) is 4.32. The van der Waals surface area contributed by atoms with Crippen molar-refractivity contribution in [3.63, 3.8) is 0 Å². The number of nitrogens with zero attached hydrogens (tertiary/aromatic N) is 2. The van der Waals surface area contributed by atoms with Gasteiger partial charge in [0.2, 0.25) is 0 Å². The summed E-state index contributed by atoms with van der Waals surface area (Å²) in [4.78, 5) is 19.6. The van der Waals surface area contributed by atoms with Crippen LogP contribution in [0.3, 0.4) is 0 Å². The molecule has 2 atom stereocenters. The van der Waals surface area contributed by atoms with E-state index in [1.54, 1.807) is 25.3 Å². The van der Waals surface area contributed by atoms with Crippen LogP contribution >= 0.6 is 0 Å². The predicted octanol–water partition coefficient (Wildman–Crippen LogP) is 3.77. The first-order chi connectivity index (χ1) is 15.9. The molecule has 1 amide bonds. The van der Waals surface area contributed by atoms with Gasteiger partial charge in [-0.1, -0.05) is 44.2 Å². The number of aromatic nitrogens is 1. The Kier molecular flexibility index (Phi) is 8.83. The van der Waals surface area contributed by atoms with Crippen LogP contribution in [0.4, 0.5) is 0 Å². The van der Waals surface area contributed by atoms with Crippen LogP contribution < -0.4 is 4.74 Å². The zero-order chi connectivity index (χ0) is 23.8. The molecule has 1 saturated heterocycles. The van der Waals surface area contributed by atoms with Crippen molar-refractivity contribution in [2.45, 2.75) is 51.7 Å². The van der Waals surface area contributed by atoms with Gasteiger partial charge in [-0.15, -0.1) is 0 Å². The van der Waals surface area contributed by atoms with Crippen molar-refractivity contribution in [3.8, 4) is 5.75 Å². The van der Waals surface area contributed by atoms with Crippen molar-refractivity contribution in [1.29, 1.82) is 0 Å². The van der Waals surface area contributed by atoms with Gasteiger partial charge in [-0.25, -0.2) is 0 Å². The SMILES string of the molecule is COCOC1(Cc2cc(OCCc3ccccc3)c(C)cn2)C(=O)N(COC)C1CC(C)C. The number of carbonyl (C=O) groups is 1. The zero-order valence-electron chi connectivity index (χ0n) is 20.4. The maximum Gasteiger partial charge on any atom is 0.259 e. The van der Waals surface area contributed by atoms with Gasteiger partial charge >= 0.3 is 0 Å². The summed E-state index contributed by atoms with van der Waals surface area (Å²) >= 11 is 0. The van der Waals surface area contributed by atoms with Crippen molar-refractivity contribution in [2.24, 2.45) is 5.92 Å². The number of hydrogen-bond donors (Lipinski definition) is 0. The van der Waals surface area contributed by atoms with Gasteiger partial charge in [-0.3, -0.25) is 9.78 Å². The third-order valence-electron chi connectivity index (χ3n) is 5.98. The summed E-state index contributed by atoms with van der Waals surface area (Å²) in [5, 5.41) is 0. The van der Waals surface area contributed by atoms with E-state index in [2.05, 4.69) is 31.0 Å². The highest BCUT2D eigenvalue weighted by Crippen LogP contribution is 2.41. The Hall–Kier alpha value is -2.48. The minimum atomic E-state index is -1.03. The molecule has 7 nitrogen and oxygen atoms in total. The summed E-state index contributed by atoms with van der Waals surface area (Å²) in [6.45, 7) is 7.09. The summed E-state index contributed by atoms with van der Waals surface area (Å²) in [7, 11) is 3.15. The number of amides is 1. The van der Waals surface area contributed by atoms with Crippen molar-refractivity contribution < 1.29 is 23.7 Å². The predicted molar refractivity (Wildman–Crippen MR) is 126 cm³/mol. The molecule has 1 aliphatic heterocycles. The molecule has 33 heavy (non-hydrogen) atoms. The molecule has 0 bridgehead atoms. The molecule has 0 radical (unpaired) electrons. The number of pyridine rings is 1. The number of methoxy groups -OCH3 is 2. The van der Waals surface area contributed by atoms with E-state index in [-0.39, 0.29) is 25.5 Å². The van der Waals surface area contributed by atoms with E-state index in [4.69, 9.17) is 18.9 Å². The zero-order valence-corrected chi connectivity index (χ0v) is 20.4. The molecule has 0 N–H and O–H groups in total. The standard InChI is InChI=1S/C26H36N2O5/c1-19(2)13-24-26(33-18-31-5,25(29)28(24)17-30-4)15-22-14-23(20(3)16-27-22)32-12-11-21-9-7-6-8-10-21/h6-10,14,16,19,24H,11-13,15,17-18H2,1-5H3. The molecule has 180 valence electrons. The van der Waals surface area contributed by atoms with Gasteiger partial charge in [0.25, 0.3) is 5.91 Å². The molecule has 0 saturated carbocycles. The van der Waals surface area contributed by atoms with Crippen molar-refractivity contribution >= 4 is 5.91 Å². The molecule has 2 aromatic rings. The molecule has 0 spiro atoms. The van der Waals surface area contributed by atoms with Crippen LogP contribution in [0, 0.1) is 12.8 Å². The van der Waals surface area contributed by atoms with E-state index in [0.29, 0.717) is 18.9 Å². The van der Waals surface area contributed by atoms with Gasteiger partial charge in [0.15, 0.2) is 5.60 Å². The van der Waals surface area contributed by atoms with Crippen molar-refractivity contribution in [2.75, 3.05) is 34.4 Å². The molecule has 2 heterocycles. The molecule has 1 aromatic heterocycles. The Balaban J connectivity index is 1.78. The van der Waals surface area contributed by atoms with E-state index in [1.165, 1.54) is 5.56 Å². The van der Waals surface area contributed by atoms with Gasteiger partial charge in [-0.2, -0.15) is 0 Å². The van der Waals surface area contributed by atoms with Gasteiger partial charge < -0.3 is 23.8 Å². The van der Waals surface area contributed by atoms with E-state index >= 15 is 0 Å². The molecule has 1 fully saturated rings. The van der Waals surface area contributed by atoms with Crippen LogP contribution in [0.2, 0.25) is 0 Å². The van der Waals surface area contributed by atoms with Crippen molar-refractivity contribution in [3.05, 3.63) is 59.4 Å². The molecular formula is C26H36N2O5. The number of aryl methyl sites for hydroxylation is 1. The maximum atomic E-state index is 13.3. The number of carbonyl (C=O) groups excluding carboxylic acids is 1. The Bertz CT molecular complexity index is 905. The minimum Gasteiger partial charge on any atom is -0.493 e. The highest BCUT2D eigenvalue weighted by atomic mass is 16.7. The smallest absolute Gasteiger partial charge is 0.259 e. The fourth-order valence-corrected chi connectivity index (χ4v) is 4.32. The third kappa shape index (κ3) is 5.91. The lowest BCUT2D eigenvalue weighted by atomic mass is 9.75. The molecule has 1 aliphatic rings. The molecule has 3 rings (SSSR count). The van der Waals surface area contributed by atoms with Gasteiger partial charge in [0.05, 0.1) is 12.6 Å². The Labute approximate surface area is 197 Å². The fraction of sp³-hybridized carbons (Fsp3) is 0.538. The average Bonchev–Trinajstić information content (AvgIpc) is 2.81. The second-order valence-electron chi connectivity index (χ2n) is 8.98. The van der Waals surface area contributed by atoms with Crippen LogP contribution in [0.15, 0.2) is 42.6 Å². The topological polar surface area (TPSA) is 70.1 Å². The molecule has 7 heteroatoms. The minimum absolute atomic E-state index is 0.0352. The summed E-state index contributed by atoms with van der Waals surface area (Å²) in [6.07, 6.45) is 3.76. The van der Waals surface area contributed by atoms with E-state index in [1.807, 2.05) is 31.2 Å². The monoisotopic (exact) mass is 456 g/mol. The first-order valence-corrected chi connectivity index (χ1v) is 11.5. The molecule has 1 aromatic carbocycles. The maximum absolute atomic E-state index is 13.3. The second kappa shape index (κ2) is 11.6. The lowest BCUT2D eigenvalue weighted by Crippen LogP contribution is -2.76. The van der Waals surface area contributed by atoms with Gasteiger partial charge in [-0.05, 0) is 24.8 Å². The highest BCUT2D eigenvalue weighted by molar-refractivity contribution is 5.93. The summed E-state index contributed by atoms with van der Waals surface area (Å²) in [6, 6.07) is 12.1. The Morgan fingerprint density at radius 3 is 2.58 bits per heavy atom. The first kappa shape index (κ1) is 25.1. The van der Waals surface area contributed by atoms with E-state index in [9.17, 15) is 4.79 Å². The van der Waals surface area contributed by atoms with Crippen LogP contribution in [-0.4, -0.2) is 61.8 Å². The Morgan fingerprint density at radius 2 is 1.91 bits per heavy atom. The number of β-lactam (4-membered cyclic amide) rings is 1. The summed E-state index contributed by atoms with van der Waals surface area (Å²) in [5.74, 6) is 1.07. The first-order valence-electron chi connectivity index (χ1n) is 11.5. The third-order valence-corrected chi connectivity index (χ3v) is 5.98. The van der Waals surface area contributed by atoms with Crippen LogP contribution in [0.5, 0.6) is 5.75 Å². The second-order valence-corrected chi connectivity index (χ2v) is 8.98. The van der Waals surface area contributed by atoms with E-state index in [0.717, 1.165) is 29.8 Å². The largest absolute Gasteiger partial charge is 0.493 e.